The van der Waals surface area contributed by atoms with Gasteiger partial charge >= 0.3 is 0 Å². The summed E-state index contributed by atoms with van der Waals surface area (Å²) in [5.74, 6) is 0.201. The highest BCUT2D eigenvalue weighted by molar-refractivity contribution is 6.00. The maximum Gasteiger partial charge on any atom is 0.138 e. The molecule has 1 N–H and O–H groups in total. The Morgan fingerprint density at radius 3 is 2.39 bits per heavy atom. The Labute approximate surface area is 207 Å². The smallest absolute Gasteiger partial charge is 0.138 e. The minimum Gasteiger partial charge on any atom is -0.507 e. The molecule has 0 aliphatic carbocycles. The van der Waals surface area contributed by atoms with Gasteiger partial charge in [0.05, 0.1) is 28.1 Å². The van der Waals surface area contributed by atoms with Gasteiger partial charge in [-0.2, -0.15) is 0 Å². The Kier molecular flexibility index (Phi) is 4.54. The minimum atomic E-state index is 0.201. The van der Waals surface area contributed by atoms with Gasteiger partial charge in [-0.15, -0.1) is 0 Å². The Balaban J connectivity index is 1.54. The van der Waals surface area contributed by atoms with Gasteiger partial charge in [0.15, 0.2) is 0 Å². The van der Waals surface area contributed by atoms with Crippen molar-refractivity contribution in [2.45, 2.75) is 0 Å². The molecule has 7 rings (SSSR count). The topological polar surface area (TPSA) is 63.3 Å². The molecule has 0 bridgehead atoms. The maximum atomic E-state index is 10.6. The first kappa shape index (κ1) is 20.4. The molecule has 5 heteroatoms. The van der Waals surface area contributed by atoms with Crippen molar-refractivity contribution in [2.24, 2.45) is 0 Å². The predicted molar refractivity (Wildman–Crippen MR) is 144 cm³/mol. The molecule has 0 spiro atoms. The first-order valence-corrected chi connectivity index (χ1v) is 11.8. The molecule has 0 atom stereocenters. The van der Waals surface area contributed by atoms with Crippen molar-refractivity contribution in [1.29, 1.82) is 0 Å². The zero-order chi connectivity index (χ0) is 24.1. The number of nitrogens with zero attached hydrogens (tertiary/aromatic N) is 4. The second-order valence-corrected chi connectivity index (χ2v) is 8.77. The van der Waals surface area contributed by atoms with Crippen LogP contribution in [-0.2, 0) is 0 Å². The van der Waals surface area contributed by atoms with Crippen LogP contribution in [0.1, 0.15) is 0 Å². The van der Waals surface area contributed by atoms with Crippen LogP contribution in [0.5, 0.6) is 5.75 Å². The van der Waals surface area contributed by atoms with Gasteiger partial charge in [0.1, 0.15) is 11.4 Å². The Morgan fingerprint density at radius 1 is 0.667 bits per heavy atom. The summed E-state index contributed by atoms with van der Waals surface area (Å²) in [7, 11) is 0. The average molecular weight is 465 g/mol. The summed E-state index contributed by atoms with van der Waals surface area (Å²) in [5, 5.41) is 12.6. The number of rotatable bonds is 3. The molecule has 0 saturated carbocycles. The average Bonchev–Trinajstić information content (AvgIpc) is 3.29. The molecule has 3 aromatic carbocycles. The molecular formula is C31H20N4O. The third kappa shape index (κ3) is 3.29. The SMILES string of the molecule is Oc1ccccc1-c1cc2cn3c(cc2c(-c2cccc(-c4ccccn4)c2)n1)nc1ccccc13. The number of para-hydroxylation sites is 3. The molecule has 5 nitrogen and oxygen atoms in total. The number of phenols is 1. The molecule has 0 unspecified atom stereocenters. The molecule has 0 radical (unpaired) electrons. The number of hydrogen-bond donors (Lipinski definition) is 1. The first-order valence-electron chi connectivity index (χ1n) is 11.8. The zero-order valence-electron chi connectivity index (χ0n) is 19.2. The van der Waals surface area contributed by atoms with Gasteiger partial charge in [-0.05, 0) is 54.6 Å². The lowest BCUT2D eigenvalue weighted by Gasteiger charge is -2.13. The molecule has 4 heterocycles. The van der Waals surface area contributed by atoms with Gasteiger partial charge in [-0.3, -0.25) is 9.38 Å². The quantitative estimate of drug-likeness (QED) is 0.302. The molecule has 0 fully saturated rings. The van der Waals surface area contributed by atoms with E-state index in [1.807, 2.05) is 66.7 Å². The van der Waals surface area contributed by atoms with E-state index in [0.717, 1.165) is 50.0 Å². The summed E-state index contributed by atoms with van der Waals surface area (Å²) < 4.78 is 2.11. The first-order chi connectivity index (χ1) is 17.7. The summed E-state index contributed by atoms with van der Waals surface area (Å²) in [6.45, 7) is 0. The fourth-order valence-electron chi connectivity index (χ4n) is 4.81. The van der Waals surface area contributed by atoms with Crippen LogP contribution in [0.15, 0.2) is 116 Å². The summed E-state index contributed by atoms with van der Waals surface area (Å²) >= 11 is 0. The van der Waals surface area contributed by atoms with Crippen molar-refractivity contribution in [3.8, 4) is 39.5 Å². The molecule has 170 valence electrons. The van der Waals surface area contributed by atoms with Crippen LogP contribution in [0.3, 0.4) is 0 Å². The Bertz CT molecular complexity index is 1910. The van der Waals surface area contributed by atoms with Crippen LogP contribution < -0.4 is 0 Å². The maximum absolute atomic E-state index is 10.6. The summed E-state index contributed by atoms with van der Waals surface area (Å²) in [4.78, 5) is 14.4. The van der Waals surface area contributed by atoms with Gasteiger partial charge in [0, 0.05) is 39.9 Å². The Morgan fingerprint density at radius 2 is 1.50 bits per heavy atom. The van der Waals surface area contributed by atoms with Gasteiger partial charge < -0.3 is 5.11 Å². The summed E-state index contributed by atoms with van der Waals surface area (Å²) in [6.07, 6.45) is 3.91. The molecule has 7 aromatic rings. The van der Waals surface area contributed by atoms with E-state index in [0.29, 0.717) is 11.3 Å². The standard InChI is InChI=1S/C31H20N4O/c36-29-14-4-1-10-23(29)27-17-22-19-35-28-13-3-2-12-26(28)33-30(35)18-24(22)31(34-27)21-9-7-8-20(16-21)25-11-5-6-15-32-25/h1-19,36H. The predicted octanol–water partition coefficient (Wildman–Crippen LogP) is 7.14. The van der Waals surface area contributed by atoms with E-state index in [9.17, 15) is 5.11 Å². The van der Waals surface area contributed by atoms with E-state index in [1.165, 1.54) is 0 Å². The van der Waals surface area contributed by atoms with Crippen LogP contribution in [0.2, 0.25) is 0 Å². The number of phenolic OH excluding ortho intramolecular Hbond substituents is 1. The van der Waals surface area contributed by atoms with Crippen LogP contribution >= 0.6 is 0 Å². The largest absolute Gasteiger partial charge is 0.507 e. The lowest BCUT2D eigenvalue weighted by molar-refractivity contribution is 0.477. The van der Waals surface area contributed by atoms with E-state index in [1.54, 1.807) is 12.3 Å². The van der Waals surface area contributed by atoms with E-state index < -0.39 is 0 Å². The second-order valence-electron chi connectivity index (χ2n) is 8.77. The highest BCUT2D eigenvalue weighted by Crippen LogP contribution is 2.36. The molecule has 36 heavy (non-hydrogen) atoms. The lowest BCUT2D eigenvalue weighted by Crippen LogP contribution is -1.94. The van der Waals surface area contributed by atoms with E-state index in [4.69, 9.17) is 9.97 Å². The fraction of sp³-hybridized carbons (Fsp3) is 0. The van der Waals surface area contributed by atoms with E-state index >= 15 is 0 Å². The van der Waals surface area contributed by atoms with Gasteiger partial charge in [0.2, 0.25) is 0 Å². The van der Waals surface area contributed by atoms with Crippen molar-refractivity contribution in [2.75, 3.05) is 0 Å². The lowest BCUT2D eigenvalue weighted by atomic mass is 9.99. The van der Waals surface area contributed by atoms with Crippen molar-refractivity contribution < 1.29 is 5.11 Å². The number of aromatic nitrogens is 4. The zero-order valence-corrected chi connectivity index (χ0v) is 19.2. The second kappa shape index (κ2) is 8.03. The molecule has 0 aliphatic rings. The van der Waals surface area contributed by atoms with Crippen molar-refractivity contribution >= 4 is 27.5 Å². The highest BCUT2D eigenvalue weighted by Gasteiger charge is 2.15. The number of imidazole rings is 1. The summed E-state index contributed by atoms with van der Waals surface area (Å²) in [5.41, 5.74) is 7.99. The molecular weight excluding hydrogens is 444 g/mol. The molecule has 0 saturated heterocycles. The monoisotopic (exact) mass is 464 g/mol. The normalized spacial score (nSPS) is 11.4. The van der Waals surface area contributed by atoms with Crippen molar-refractivity contribution in [3.63, 3.8) is 0 Å². The van der Waals surface area contributed by atoms with Crippen LogP contribution in [-0.4, -0.2) is 24.5 Å². The summed E-state index contributed by atoms with van der Waals surface area (Å²) in [6, 6.07) is 33.7. The molecule has 0 aliphatic heterocycles. The number of fused-ring (bicyclic) bond motifs is 4. The van der Waals surface area contributed by atoms with Crippen molar-refractivity contribution in [1.82, 2.24) is 19.4 Å². The van der Waals surface area contributed by atoms with Crippen LogP contribution in [0.4, 0.5) is 0 Å². The fourth-order valence-corrected chi connectivity index (χ4v) is 4.81. The third-order valence-corrected chi connectivity index (χ3v) is 6.53. The van der Waals surface area contributed by atoms with E-state index in [-0.39, 0.29) is 5.75 Å². The van der Waals surface area contributed by atoms with E-state index in [2.05, 4.69) is 45.9 Å². The molecule has 0 amide bonds. The number of aromatic hydroxyl groups is 1. The minimum absolute atomic E-state index is 0.201. The van der Waals surface area contributed by atoms with Gasteiger partial charge in [-0.25, -0.2) is 9.97 Å². The third-order valence-electron chi connectivity index (χ3n) is 6.53. The number of benzene rings is 3. The molecule has 4 aromatic heterocycles. The van der Waals surface area contributed by atoms with Gasteiger partial charge in [-0.1, -0.05) is 48.5 Å². The Hall–Kier alpha value is -5.03. The van der Waals surface area contributed by atoms with Crippen LogP contribution in [0, 0.1) is 0 Å². The van der Waals surface area contributed by atoms with Crippen molar-refractivity contribution in [3.05, 3.63) is 116 Å². The number of pyridine rings is 3. The van der Waals surface area contributed by atoms with Gasteiger partial charge in [0.25, 0.3) is 0 Å². The highest BCUT2D eigenvalue weighted by atomic mass is 16.3. The van der Waals surface area contributed by atoms with Crippen LogP contribution in [0.25, 0.3) is 61.2 Å². The number of hydrogen-bond acceptors (Lipinski definition) is 4.